The van der Waals surface area contributed by atoms with Crippen LogP contribution in [-0.2, 0) is 4.79 Å². The van der Waals surface area contributed by atoms with Crippen molar-refractivity contribution in [1.82, 2.24) is 15.1 Å². The third kappa shape index (κ3) is 3.39. The highest BCUT2D eigenvalue weighted by Crippen LogP contribution is 2.41. The molecule has 0 radical (unpaired) electrons. The van der Waals surface area contributed by atoms with Gasteiger partial charge in [0.25, 0.3) is 0 Å². The Morgan fingerprint density at radius 2 is 1.96 bits per heavy atom. The van der Waals surface area contributed by atoms with Crippen molar-refractivity contribution in [2.75, 3.05) is 32.7 Å². The molecule has 3 unspecified atom stereocenters. The Bertz CT molecular complexity index is 671. The monoisotopic (exact) mass is 359 g/mol. The van der Waals surface area contributed by atoms with Crippen LogP contribution in [0.1, 0.15) is 43.4 Å². The van der Waals surface area contributed by atoms with Crippen LogP contribution >= 0.6 is 0 Å². The zero-order valence-corrected chi connectivity index (χ0v) is 15.9. The van der Waals surface area contributed by atoms with Crippen molar-refractivity contribution in [1.29, 1.82) is 0 Å². The Morgan fingerprint density at radius 3 is 2.65 bits per heavy atom. The summed E-state index contributed by atoms with van der Waals surface area (Å²) >= 11 is 0. The molecule has 1 aromatic carbocycles. The van der Waals surface area contributed by atoms with E-state index in [2.05, 4.69) is 10.2 Å². The largest absolute Gasteiger partial charge is 0.343 e. The summed E-state index contributed by atoms with van der Waals surface area (Å²) in [7, 11) is 0. The number of likely N-dealkylation sites (tertiary alicyclic amines) is 2. The number of halogens is 1. The highest BCUT2D eigenvalue weighted by atomic mass is 19.1. The van der Waals surface area contributed by atoms with Crippen LogP contribution in [0.2, 0.25) is 0 Å². The van der Waals surface area contributed by atoms with Gasteiger partial charge in [-0.25, -0.2) is 4.39 Å². The molecule has 5 heteroatoms. The van der Waals surface area contributed by atoms with E-state index in [1.807, 2.05) is 17.9 Å². The standard InChI is InChI=1S/C21H30FN3O/c1-14-11-17(22)3-4-19(14)21-20-13-25(12-16(20)5-8-23-21)18-6-9-24(10-7-18)15(2)26/h3-4,11,16,18,20-21,23H,5-10,12-13H2,1-2H3. The van der Waals surface area contributed by atoms with Gasteiger partial charge in [-0.05, 0) is 67.8 Å². The normalized spacial score (nSPS) is 30.4. The lowest BCUT2D eigenvalue weighted by Gasteiger charge is -2.37. The summed E-state index contributed by atoms with van der Waals surface area (Å²) in [6.07, 6.45) is 3.41. The van der Waals surface area contributed by atoms with Gasteiger partial charge in [0.05, 0.1) is 0 Å². The summed E-state index contributed by atoms with van der Waals surface area (Å²) < 4.78 is 13.5. The molecule has 3 heterocycles. The molecule has 3 aliphatic heterocycles. The molecule has 3 atom stereocenters. The van der Waals surface area contributed by atoms with Crippen LogP contribution in [0.4, 0.5) is 4.39 Å². The molecular formula is C21H30FN3O. The third-order valence-electron chi connectivity index (χ3n) is 6.82. The zero-order chi connectivity index (χ0) is 18.3. The molecule has 0 aliphatic carbocycles. The van der Waals surface area contributed by atoms with Gasteiger partial charge in [0.15, 0.2) is 0 Å². The number of amides is 1. The molecule has 3 aliphatic rings. The van der Waals surface area contributed by atoms with Crippen LogP contribution in [0.3, 0.4) is 0 Å². The third-order valence-corrected chi connectivity index (χ3v) is 6.82. The first-order chi connectivity index (χ1) is 12.5. The average molecular weight is 359 g/mol. The van der Waals surface area contributed by atoms with Crippen molar-refractivity contribution >= 4 is 5.91 Å². The number of fused-ring (bicyclic) bond motifs is 1. The Labute approximate surface area is 155 Å². The highest BCUT2D eigenvalue weighted by molar-refractivity contribution is 5.73. The number of rotatable bonds is 2. The number of carbonyl (C=O) groups is 1. The molecule has 0 spiro atoms. The first kappa shape index (κ1) is 17.9. The lowest BCUT2D eigenvalue weighted by molar-refractivity contribution is -0.130. The van der Waals surface area contributed by atoms with Crippen molar-refractivity contribution in [3.8, 4) is 0 Å². The fourth-order valence-corrected chi connectivity index (χ4v) is 5.36. The second-order valence-electron chi connectivity index (χ2n) is 8.34. The average Bonchev–Trinajstić information content (AvgIpc) is 3.06. The molecule has 142 valence electrons. The number of nitrogens with one attached hydrogen (secondary N) is 1. The van der Waals surface area contributed by atoms with Gasteiger partial charge in [-0.15, -0.1) is 0 Å². The predicted octanol–water partition coefficient (Wildman–Crippen LogP) is 2.73. The molecule has 1 aromatic rings. The van der Waals surface area contributed by atoms with Crippen LogP contribution in [0, 0.1) is 24.6 Å². The van der Waals surface area contributed by atoms with Crippen molar-refractivity contribution in [3.63, 3.8) is 0 Å². The minimum absolute atomic E-state index is 0.149. The van der Waals surface area contributed by atoms with E-state index in [1.54, 1.807) is 19.1 Å². The van der Waals surface area contributed by atoms with Crippen LogP contribution in [0.15, 0.2) is 18.2 Å². The molecule has 0 aromatic heterocycles. The molecule has 1 N–H and O–H groups in total. The van der Waals surface area contributed by atoms with Crippen LogP contribution in [0.5, 0.6) is 0 Å². The fraction of sp³-hybridized carbons (Fsp3) is 0.667. The molecule has 3 fully saturated rings. The number of hydrogen-bond acceptors (Lipinski definition) is 3. The lowest BCUT2D eigenvalue weighted by Crippen LogP contribution is -2.45. The Balaban J connectivity index is 1.46. The van der Waals surface area contributed by atoms with Gasteiger partial charge in [-0.3, -0.25) is 9.69 Å². The summed E-state index contributed by atoms with van der Waals surface area (Å²) in [5, 5.41) is 3.71. The van der Waals surface area contributed by atoms with Crippen LogP contribution in [-0.4, -0.2) is 54.5 Å². The molecule has 1 amide bonds. The molecule has 4 rings (SSSR count). The van der Waals surface area contributed by atoms with Gasteiger partial charge >= 0.3 is 0 Å². The molecule has 4 nitrogen and oxygen atoms in total. The second kappa shape index (κ2) is 7.28. The summed E-state index contributed by atoms with van der Waals surface area (Å²) in [4.78, 5) is 16.2. The second-order valence-corrected chi connectivity index (χ2v) is 8.34. The van der Waals surface area contributed by atoms with Crippen LogP contribution < -0.4 is 5.32 Å². The quantitative estimate of drug-likeness (QED) is 0.882. The Morgan fingerprint density at radius 1 is 1.19 bits per heavy atom. The molecular weight excluding hydrogens is 329 g/mol. The van der Waals surface area contributed by atoms with E-state index in [0.717, 1.165) is 50.5 Å². The zero-order valence-electron chi connectivity index (χ0n) is 15.9. The van der Waals surface area contributed by atoms with E-state index in [-0.39, 0.29) is 11.7 Å². The summed E-state index contributed by atoms with van der Waals surface area (Å²) in [5.74, 6) is 1.37. The maximum Gasteiger partial charge on any atom is 0.219 e. The van der Waals surface area contributed by atoms with Gasteiger partial charge in [0, 0.05) is 45.2 Å². The minimum Gasteiger partial charge on any atom is -0.343 e. The lowest BCUT2D eigenvalue weighted by atomic mass is 9.79. The number of piperidine rings is 2. The van der Waals surface area contributed by atoms with E-state index >= 15 is 0 Å². The number of carbonyl (C=O) groups excluding carboxylic acids is 1. The van der Waals surface area contributed by atoms with E-state index in [0.29, 0.717) is 18.0 Å². The summed E-state index contributed by atoms with van der Waals surface area (Å²) in [6, 6.07) is 6.16. The smallest absolute Gasteiger partial charge is 0.219 e. The SMILES string of the molecule is CC(=O)N1CCC(N2CC3CCNC(c4ccc(F)cc4C)C3C2)CC1. The van der Waals surface area contributed by atoms with E-state index in [4.69, 9.17) is 0 Å². The van der Waals surface area contributed by atoms with Crippen molar-refractivity contribution in [3.05, 3.63) is 35.1 Å². The van der Waals surface area contributed by atoms with Gasteiger partial charge in [0.2, 0.25) is 5.91 Å². The minimum atomic E-state index is -0.149. The summed E-state index contributed by atoms with van der Waals surface area (Å²) in [6.45, 7) is 8.81. The first-order valence-electron chi connectivity index (χ1n) is 10.0. The van der Waals surface area contributed by atoms with Crippen LogP contribution in [0.25, 0.3) is 0 Å². The van der Waals surface area contributed by atoms with Crippen molar-refractivity contribution < 1.29 is 9.18 Å². The topological polar surface area (TPSA) is 35.6 Å². The molecule has 0 bridgehead atoms. The fourth-order valence-electron chi connectivity index (χ4n) is 5.36. The van der Waals surface area contributed by atoms with E-state index in [9.17, 15) is 9.18 Å². The molecule has 26 heavy (non-hydrogen) atoms. The van der Waals surface area contributed by atoms with E-state index < -0.39 is 0 Å². The highest BCUT2D eigenvalue weighted by Gasteiger charge is 2.43. The van der Waals surface area contributed by atoms with Gasteiger partial charge < -0.3 is 10.2 Å². The van der Waals surface area contributed by atoms with Gasteiger partial charge in [0.1, 0.15) is 5.82 Å². The predicted molar refractivity (Wildman–Crippen MR) is 100 cm³/mol. The number of nitrogens with zero attached hydrogens (tertiary/aromatic N) is 2. The maximum atomic E-state index is 13.5. The van der Waals surface area contributed by atoms with Crippen molar-refractivity contribution in [2.24, 2.45) is 11.8 Å². The number of aryl methyl sites for hydroxylation is 1. The van der Waals surface area contributed by atoms with Crippen molar-refractivity contribution in [2.45, 2.75) is 45.2 Å². The molecule has 3 saturated heterocycles. The van der Waals surface area contributed by atoms with Gasteiger partial charge in [-0.1, -0.05) is 6.07 Å². The summed E-state index contributed by atoms with van der Waals surface area (Å²) in [5.41, 5.74) is 2.31. The Hall–Kier alpha value is -1.46. The van der Waals surface area contributed by atoms with E-state index in [1.165, 1.54) is 18.5 Å². The first-order valence-corrected chi connectivity index (χ1v) is 10.0. The van der Waals surface area contributed by atoms with Gasteiger partial charge in [-0.2, -0.15) is 0 Å². The Kier molecular flexibility index (Phi) is 5.02. The number of hydrogen-bond donors (Lipinski definition) is 1. The molecule has 0 saturated carbocycles. The maximum absolute atomic E-state index is 13.5. The number of benzene rings is 1.